The first-order valence-electron chi connectivity index (χ1n) is 10.8. The smallest absolute Gasteiger partial charge is 0.248 e. The minimum absolute atomic E-state index is 0.000868. The van der Waals surface area contributed by atoms with Crippen molar-refractivity contribution in [3.8, 4) is 5.75 Å². The minimum Gasteiger partial charge on any atom is -0.486 e. The molecule has 0 aliphatic carbocycles. The molecule has 2 heterocycles. The maximum atomic E-state index is 13.5. The van der Waals surface area contributed by atoms with Crippen LogP contribution in [-0.4, -0.2) is 60.7 Å². The Balaban J connectivity index is 1.67. The first kappa shape index (κ1) is 23.9. The molecule has 0 spiro atoms. The number of ether oxygens (including phenoxy) is 2. The fourth-order valence-corrected chi connectivity index (χ4v) is 3.60. The molecule has 1 aliphatic heterocycles. The Morgan fingerprint density at radius 2 is 2.18 bits per heavy atom. The number of aromatic nitrogens is 2. The molecule has 178 valence electrons. The highest BCUT2D eigenvalue weighted by Crippen LogP contribution is 2.35. The van der Waals surface area contributed by atoms with Crippen LogP contribution in [0, 0.1) is 5.82 Å². The number of likely N-dealkylation sites (N-methyl/N-ethyl adjacent to an activating group) is 1. The van der Waals surface area contributed by atoms with Crippen LogP contribution < -0.4 is 15.4 Å². The Morgan fingerprint density at radius 3 is 2.91 bits per heavy atom. The van der Waals surface area contributed by atoms with E-state index in [-0.39, 0.29) is 17.0 Å². The van der Waals surface area contributed by atoms with E-state index in [0.717, 1.165) is 6.42 Å². The molecule has 0 bridgehead atoms. The molecule has 0 unspecified atom stereocenters. The third-order valence-electron chi connectivity index (χ3n) is 5.10. The summed E-state index contributed by atoms with van der Waals surface area (Å²) in [6.07, 6.45) is 5.29. The largest absolute Gasteiger partial charge is 0.486 e. The van der Waals surface area contributed by atoms with E-state index in [9.17, 15) is 9.18 Å². The molecule has 10 heteroatoms. The molecule has 1 aromatic heterocycles. The molecule has 2 aromatic carbocycles. The Morgan fingerprint density at radius 1 is 1.32 bits per heavy atom. The first-order valence-corrected chi connectivity index (χ1v) is 11.1. The zero-order valence-corrected chi connectivity index (χ0v) is 19.6. The summed E-state index contributed by atoms with van der Waals surface area (Å²) in [5, 5.41) is 6.70. The topological polar surface area (TPSA) is 88.6 Å². The molecule has 3 aromatic rings. The predicted octanol–water partition coefficient (Wildman–Crippen LogP) is 4.39. The number of halogens is 2. The van der Waals surface area contributed by atoms with Crippen LogP contribution in [-0.2, 0) is 9.53 Å². The number of carbonyl (C=O) groups excluding carboxylic acids is 1. The van der Waals surface area contributed by atoms with Gasteiger partial charge in [-0.1, -0.05) is 17.7 Å². The van der Waals surface area contributed by atoms with Crippen molar-refractivity contribution in [2.45, 2.75) is 12.5 Å². The summed E-state index contributed by atoms with van der Waals surface area (Å²) < 4.78 is 25.1. The Kier molecular flexibility index (Phi) is 7.56. The lowest BCUT2D eigenvalue weighted by molar-refractivity contribution is -0.111. The SMILES string of the molecule is CN(C)C/C=C/C(=O)Nc1cc2ncnc(Nc3ccc(F)c(Cl)c3)c2cc1O[C@@H]1CCOC1. The molecule has 1 amide bonds. The van der Waals surface area contributed by atoms with E-state index in [2.05, 4.69) is 20.6 Å². The summed E-state index contributed by atoms with van der Waals surface area (Å²) in [4.78, 5) is 23.1. The van der Waals surface area contributed by atoms with Crippen LogP contribution in [0.2, 0.25) is 5.02 Å². The summed E-state index contributed by atoms with van der Waals surface area (Å²) in [5.74, 6) is 0.188. The third-order valence-corrected chi connectivity index (χ3v) is 5.39. The summed E-state index contributed by atoms with van der Waals surface area (Å²) in [6.45, 7) is 1.73. The fraction of sp³-hybridized carbons (Fsp3) is 0.292. The highest BCUT2D eigenvalue weighted by molar-refractivity contribution is 6.31. The first-order chi connectivity index (χ1) is 16.4. The predicted molar refractivity (Wildman–Crippen MR) is 130 cm³/mol. The van der Waals surface area contributed by atoms with Gasteiger partial charge in [-0.15, -0.1) is 0 Å². The zero-order valence-electron chi connectivity index (χ0n) is 18.8. The average Bonchev–Trinajstić information content (AvgIpc) is 3.30. The normalized spacial score (nSPS) is 15.9. The number of carbonyl (C=O) groups is 1. The number of hydrogen-bond acceptors (Lipinski definition) is 7. The van der Waals surface area contributed by atoms with Gasteiger partial charge in [0.25, 0.3) is 0 Å². The molecule has 34 heavy (non-hydrogen) atoms. The van der Waals surface area contributed by atoms with Gasteiger partial charge in [-0.2, -0.15) is 0 Å². The zero-order chi connectivity index (χ0) is 24.1. The van der Waals surface area contributed by atoms with Crippen LogP contribution in [0.3, 0.4) is 0 Å². The van der Waals surface area contributed by atoms with E-state index in [0.29, 0.717) is 53.6 Å². The van der Waals surface area contributed by atoms with Gasteiger partial charge >= 0.3 is 0 Å². The maximum absolute atomic E-state index is 13.5. The minimum atomic E-state index is -0.505. The van der Waals surface area contributed by atoms with Gasteiger partial charge < -0.3 is 25.0 Å². The number of anilines is 3. The number of fused-ring (bicyclic) bond motifs is 1. The van der Waals surface area contributed by atoms with Crippen LogP contribution in [0.1, 0.15) is 6.42 Å². The van der Waals surface area contributed by atoms with Crippen molar-refractivity contribution in [3.05, 3.63) is 59.7 Å². The lowest BCUT2D eigenvalue weighted by Crippen LogP contribution is -2.18. The van der Waals surface area contributed by atoms with Crippen molar-refractivity contribution in [2.24, 2.45) is 0 Å². The molecule has 1 fully saturated rings. The lowest BCUT2D eigenvalue weighted by Gasteiger charge is -2.18. The molecule has 1 aliphatic rings. The second kappa shape index (κ2) is 10.8. The van der Waals surface area contributed by atoms with Crippen LogP contribution in [0.5, 0.6) is 5.75 Å². The molecule has 8 nitrogen and oxygen atoms in total. The van der Waals surface area contributed by atoms with Gasteiger partial charge in [0.05, 0.1) is 29.4 Å². The van der Waals surface area contributed by atoms with Gasteiger partial charge in [0.2, 0.25) is 5.91 Å². The second-order valence-electron chi connectivity index (χ2n) is 8.10. The van der Waals surface area contributed by atoms with Crippen molar-refractivity contribution in [3.63, 3.8) is 0 Å². The quantitative estimate of drug-likeness (QED) is 0.457. The molecule has 1 atom stereocenters. The maximum Gasteiger partial charge on any atom is 0.248 e. The fourth-order valence-electron chi connectivity index (χ4n) is 3.42. The average molecular weight is 486 g/mol. The van der Waals surface area contributed by atoms with E-state index in [1.165, 1.54) is 24.5 Å². The summed E-state index contributed by atoms with van der Waals surface area (Å²) in [6, 6.07) is 7.84. The Labute approximate surface area is 201 Å². The highest BCUT2D eigenvalue weighted by atomic mass is 35.5. The highest BCUT2D eigenvalue weighted by Gasteiger charge is 2.21. The van der Waals surface area contributed by atoms with Gasteiger partial charge in [-0.25, -0.2) is 14.4 Å². The van der Waals surface area contributed by atoms with Gasteiger partial charge in [0, 0.05) is 30.1 Å². The number of nitrogens with one attached hydrogen (secondary N) is 2. The van der Waals surface area contributed by atoms with Crippen LogP contribution in [0.15, 0.2) is 48.8 Å². The third kappa shape index (κ3) is 5.99. The van der Waals surface area contributed by atoms with Crippen LogP contribution >= 0.6 is 11.6 Å². The number of amides is 1. The van der Waals surface area contributed by atoms with Crippen molar-refractivity contribution in [1.29, 1.82) is 0 Å². The van der Waals surface area contributed by atoms with E-state index in [1.807, 2.05) is 19.0 Å². The number of rotatable bonds is 8. The number of hydrogen-bond donors (Lipinski definition) is 2. The second-order valence-corrected chi connectivity index (χ2v) is 8.51. The molecule has 4 rings (SSSR count). The molecule has 1 saturated heterocycles. The van der Waals surface area contributed by atoms with E-state index >= 15 is 0 Å². The van der Waals surface area contributed by atoms with Crippen LogP contribution in [0.4, 0.5) is 21.6 Å². The van der Waals surface area contributed by atoms with Gasteiger partial charge in [0.1, 0.15) is 29.8 Å². The van der Waals surface area contributed by atoms with Crippen molar-refractivity contribution >= 4 is 45.6 Å². The van der Waals surface area contributed by atoms with Crippen LogP contribution in [0.25, 0.3) is 10.9 Å². The van der Waals surface area contributed by atoms with Crippen molar-refractivity contribution in [1.82, 2.24) is 14.9 Å². The number of nitrogens with zero attached hydrogens (tertiary/aromatic N) is 3. The van der Waals surface area contributed by atoms with Gasteiger partial charge in [-0.3, -0.25) is 4.79 Å². The molecule has 2 N–H and O–H groups in total. The lowest BCUT2D eigenvalue weighted by atomic mass is 10.1. The van der Waals surface area contributed by atoms with Gasteiger partial charge in [-0.05, 0) is 44.4 Å². The summed E-state index contributed by atoms with van der Waals surface area (Å²) in [5.41, 5.74) is 1.66. The number of benzene rings is 2. The molecule has 0 radical (unpaired) electrons. The summed E-state index contributed by atoms with van der Waals surface area (Å²) in [7, 11) is 3.85. The van der Waals surface area contributed by atoms with E-state index < -0.39 is 5.82 Å². The van der Waals surface area contributed by atoms with Gasteiger partial charge in [0.15, 0.2) is 0 Å². The van der Waals surface area contributed by atoms with E-state index in [4.69, 9.17) is 21.1 Å². The van der Waals surface area contributed by atoms with E-state index in [1.54, 1.807) is 24.3 Å². The summed E-state index contributed by atoms with van der Waals surface area (Å²) >= 11 is 5.91. The standard InChI is InChI=1S/C24H25ClFN5O3/c1-31(2)8-3-4-23(32)30-21-12-20-17(11-22(21)34-16-7-9-33-13-16)24(28-14-27-20)29-15-5-6-19(26)18(25)10-15/h3-6,10-12,14,16H,7-9,13H2,1-2H3,(H,30,32)(H,27,28,29)/b4-3+/t16-/m1/s1. The monoisotopic (exact) mass is 485 g/mol. The Bertz CT molecular complexity index is 1210. The Hall–Kier alpha value is -3.27. The molecular weight excluding hydrogens is 461 g/mol. The molecular formula is C24H25ClFN5O3. The van der Waals surface area contributed by atoms with Crippen molar-refractivity contribution < 1.29 is 18.7 Å². The van der Waals surface area contributed by atoms with Crippen molar-refractivity contribution in [2.75, 3.05) is 44.5 Å². The molecule has 0 saturated carbocycles.